The predicted molar refractivity (Wildman–Crippen MR) is 59.7 cm³/mol. The zero-order valence-electron chi connectivity index (χ0n) is 8.94. The van der Waals surface area contributed by atoms with Crippen LogP contribution in [-0.4, -0.2) is 14.7 Å². The maximum absolute atomic E-state index is 9.36. The molecule has 0 unspecified atom stereocenters. The molecule has 1 aromatic carbocycles. The Morgan fingerprint density at radius 1 is 1.47 bits per heavy atom. The first kappa shape index (κ1) is 9.98. The fourth-order valence-corrected chi connectivity index (χ4v) is 1.86. The SMILES string of the molecule is CC(C)n1c(CN)nc2cc(O)ccc21. The molecule has 0 aliphatic heterocycles. The first-order chi connectivity index (χ1) is 7.13. The lowest BCUT2D eigenvalue weighted by Crippen LogP contribution is -2.10. The molecule has 1 aromatic heterocycles. The molecular formula is C11H15N3O. The van der Waals surface area contributed by atoms with E-state index in [4.69, 9.17) is 5.73 Å². The Balaban J connectivity index is 2.74. The Labute approximate surface area is 88.3 Å². The normalized spacial score (nSPS) is 11.5. The molecule has 1 heterocycles. The van der Waals surface area contributed by atoms with Gasteiger partial charge in [-0.05, 0) is 26.0 Å². The van der Waals surface area contributed by atoms with Gasteiger partial charge < -0.3 is 15.4 Å². The Morgan fingerprint density at radius 2 is 2.20 bits per heavy atom. The van der Waals surface area contributed by atoms with Crippen LogP contribution in [0.1, 0.15) is 25.7 Å². The Morgan fingerprint density at radius 3 is 2.80 bits per heavy atom. The minimum absolute atomic E-state index is 0.236. The second-order valence-electron chi connectivity index (χ2n) is 3.87. The average molecular weight is 205 g/mol. The molecule has 0 spiro atoms. The summed E-state index contributed by atoms with van der Waals surface area (Å²) < 4.78 is 2.09. The Kier molecular flexibility index (Phi) is 2.36. The standard InChI is InChI=1S/C11H15N3O/c1-7(2)14-10-4-3-8(15)5-9(10)13-11(14)6-12/h3-5,7,15H,6,12H2,1-2H3. The minimum atomic E-state index is 0.236. The summed E-state index contributed by atoms with van der Waals surface area (Å²) in [5, 5.41) is 9.36. The average Bonchev–Trinajstić information content (AvgIpc) is 2.54. The summed E-state index contributed by atoms with van der Waals surface area (Å²) in [5.74, 6) is 1.09. The van der Waals surface area contributed by atoms with Crippen molar-refractivity contribution in [2.75, 3.05) is 0 Å². The van der Waals surface area contributed by atoms with Crippen molar-refractivity contribution in [3.63, 3.8) is 0 Å². The van der Waals surface area contributed by atoms with E-state index in [1.807, 2.05) is 6.07 Å². The van der Waals surface area contributed by atoms with Crippen molar-refractivity contribution < 1.29 is 5.11 Å². The number of benzene rings is 1. The van der Waals surface area contributed by atoms with Gasteiger partial charge in [0.2, 0.25) is 0 Å². The molecule has 2 rings (SSSR count). The zero-order chi connectivity index (χ0) is 11.0. The number of imidazole rings is 1. The summed E-state index contributed by atoms with van der Waals surface area (Å²) in [6.45, 7) is 4.59. The van der Waals surface area contributed by atoms with E-state index in [2.05, 4.69) is 23.4 Å². The third-order valence-electron chi connectivity index (χ3n) is 2.45. The molecule has 3 N–H and O–H groups in total. The number of rotatable bonds is 2. The van der Waals surface area contributed by atoms with Crippen molar-refractivity contribution in [1.29, 1.82) is 0 Å². The van der Waals surface area contributed by atoms with Crippen LogP contribution < -0.4 is 5.73 Å². The van der Waals surface area contributed by atoms with E-state index in [1.165, 1.54) is 0 Å². The van der Waals surface area contributed by atoms with Gasteiger partial charge in [-0.1, -0.05) is 0 Å². The summed E-state index contributed by atoms with van der Waals surface area (Å²) in [6.07, 6.45) is 0. The second kappa shape index (κ2) is 3.55. The van der Waals surface area contributed by atoms with Gasteiger partial charge in [0.1, 0.15) is 11.6 Å². The smallest absolute Gasteiger partial charge is 0.123 e. The topological polar surface area (TPSA) is 64.1 Å². The quantitative estimate of drug-likeness (QED) is 0.785. The van der Waals surface area contributed by atoms with Gasteiger partial charge in [0.05, 0.1) is 17.6 Å². The van der Waals surface area contributed by atoms with Crippen LogP contribution in [0.3, 0.4) is 0 Å². The van der Waals surface area contributed by atoms with Crippen LogP contribution in [0.25, 0.3) is 11.0 Å². The number of fused-ring (bicyclic) bond motifs is 1. The number of aromatic nitrogens is 2. The van der Waals surface area contributed by atoms with Crippen LogP contribution >= 0.6 is 0 Å². The number of hydrogen-bond donors (Lipinski definition) is 2. The van der Waals surface area contributed by atoms with Crippen LogP contribution in [0.2, 0.25) is 0 Å². The van der Waals surface area contributed by atoms with Crippen molar-refractivity contribution in [3.05, 3.63) is 24.0 Å². The van der Waals surface area contributed by atoms with Gasteiger partial charge in [-0.2, -0.15) is 0 Å². The van der Waals surface area contributed by atoms with Crippen molar-refractivity contribution in [1.82, 2.24) is 9.55 Å². The molecule has 0 aliphatic carbocycles. The Hall–Kier alpha value is -1.55. The highest BCUT2D eigenvalue weighted by Crippen LogP contribution is 2.23. The molecule has 0 saturated carbocycles. The van der Waals surface area contributed by atoms with Gasteiger partial charge in [0, 0.05) is 12.1 Å². The lowest BCUT2D eigenvalue weighted by molar-refractivity contribution is 0.476. The molecule has 0 bridgehead atoms. The molecule has 80 valence electrons. The lowest BCUT2D eigenvalue weighted by atomic mass is 10.3. The second-order valence-corrected chi connectivity index (χ2v) is 3.87. The number of nitrogens with two attached hydrogens (primary N) is 1. The van der Waals surface area contributed by atoms with Gasteiger partial charge in [-0.15, -0.1) is 0 Å². The minimum Gasteiger partial charge on any atom is -0.508 e. The van der Waals surface area contributed by atoms with Crippen molar-refractivity contribution in [3.8, 4) is 5.75 Å². The van der Waals surface area contributed by atoms with Crippen molar-refractivity contribution >= 4 is 11.0 Å². The van der Waals surface area contributed by atoms with Crippen LogP contribution in [-0.2, 0) is 6.54 Å². The molecule has 0 radical (unpaired) electrons. The van der Waals surface area contributed by atoms with E-state index in [0.717, 1.165) is 16.9 Å². The summed E-state index contributed by atoms with van der Waals surface area (Å²) in [5.41, 5.74) is 7.46. The molecule has 0 aliphatic rings. The van der Waals surface area contributed by atoms with Crippen molar-refractivity contribution in [2.45, 2.75) is 26.4 Å². The van der Waals surface area contributed by atoms with Gasteiger partial charge >= 0.3 is 0 Å². The van der Waals surface area contributed by atoms with E-state index in [1.54, 1.807) is 12.1 Å². The van der Waals surface area contributed by atoms with Crippen LogP contribution in [0, 0.1) is 0 Å². The third kappa shape index (κ3) is 1.57. The molecule has 0 atom stereocenters. The zero-order valence-corrected chi connectivity index (χ0v) is 8.94. The highest BCUT2D eigenvalue weighted by Gasteiger charge is 2.11. The third-order valence-corrected chi connectivity index (χ3v) is 2.45. The fourth-order valence-electron chi connectivity index (χ4n) is 1.86. The van der Waals surface area contributed by atoms with Gasteiger partial charge in [-0.3, -0.25) is 0 Å². The largest absolute Gasteiger partial charge is 0.508 e. The Bertz CT molecular complexity index is 488. The van der Waals surface area contributed by atoms with Crippen LogP contribution in [0.4, 0.5) is 0 Å². The first-order valence-electron chi connectivity index (χ1n) is 5.03. The molecule has 2 aromatic rings. The van der Waals surface area contributed by atoms with E-state index in [0.29, 0.717) is 12.6 Å². The predicted octanol–water partition coefficient (Wildman–Crippen LogP) is 1.78. The number of phenolic OH excluding ortho intramolecular Hbond substituents is 1. The van der Waals surface area contributed by atoms with Gasteiger partial charge in [-0.25, -0.2) is 4.98 Å². The number of aromatic hydroxyl groups is 1. The van der Waals surface area contributed by atoms with Crippen molar-refractivity contribution in [2.24, 2.45) is 5.73 Å². The van der Waals surface area contributed by atoms with E-state index >= 15 is 0 Å². The van der Waals surface area contributed by atoms with Crippen LogP contribution in [0.15, 0.2) is 18.2 Å². The molecule has 0 saturated heterocycles. The summed E-state index contributed by atoms with van der Waals surface area (Å²) >= 11 is 0. The highest BCUT2D eigenvalue weighted by atomic mass is 16.3. The molecule has 15 heavy (non-hydrogen) atoms. The van der Waals surface area contributed by atoms with E-state index in [-0.39, 0.29) is 5.75 Å². The molecular weight excluding hydrogens is 190 g/mol. The first-order valence-corrected chi connectivity index (χ1v) is 5.03. The van der Waals surface area contributed by atoms with Crippen LogP contribution in [0.5, 0.6) is 5.75 Å². The molecule has 4 heteroatoms. The maximum Gasteiger partial charge on any atom is 0.123 e. The van der Waals surface area contributed by atoms with E-state index < -0.39 is 0 Å². The molecule has 0 amide bonds. The monoisotopic (exact) mass is 205 g/mol. The lowest BCUT2D eigenvalue weighted by Gasteiger charge is -2.11. The number of hydrogen-bond acceptors (Lipinski definition) is 3. The molecule has 0 fully saturated rings. The van der Waals surface area contributed by atoms with Gasteiger partial charge in [0.15, 0.2) is 0 Å². The highest BCUT2D eigenvalue weighted by molar-refractivity contribution is 5.77. The number of phenols is 1. The summed E-state index contributed by atoms with van der Waals surface area (Å²) in [4.78, 5) is 4.39. The molecule has 4 nitrogen and oxygen atoms in total. The number of nitrogens with zero attached hydrogens (tertiary/aromatic N) is 2. The fraction of sp³-hybridized carbons (Fsp3) is 0.364. The van der Waals surface area contributed by atoms with E-state index in [9.17, 15) is 5.11 Å². The maximum atomic E-state index is 9.36. The summed E-state index contributed by atoms with van der Waals surface area (Å²) in [6, 6.07) is 5.52. The van der Waals surface area contributed by atoms with Gasteiger partial charge in [0.25, 0.3) is 0 Å². The summed E-state index contributed by atoms with van der Waals surface area (Å²) in [7, 11) is 0.